The molecule has 0 atom stereocenters. The Kier molecular flexibility index (Phi) is 4.04. The number of ether oxygens (including phenoxy) is 1. The molecule has 6 nitrogen and oxygen atoms in total. The molecule has 3 aromatic rings. The number of morpholine rings is 1. The van der Waals surface area contributed by atoms with Crippen LogP contribution in [-0.4, -0.2) is 41.5 Å². The van der Waals surface area contributed by atoms with Crippen LogP contribution in [0, 0.1) is 6.92 Å². The third kappa shape index (κ3) is 2.92. The highest BCUT2D eigenvalue weighted by molar-refractivity contribution is 5.80. The second kappa shape index (κ2) is 6.49. The van der Waals surface area contributed by atoms with Crippen LogP contribution in [0.25, 0.3) is 11.0 Å². The third-order valence-corrected chi connectivity index (χ3v) is 4.43. The summed E-state index contributed by atoms with van der Waals surface area (Å²) in [6, 6.07) is 10.6. The lowest BCUT2D eigenvalue weighted by molar-refractivity contribution is 0.122. The number of para-hydroxylation sites is 1. The molecular weight excluding hydrogens is 302 g/mol. The largest absolute Gasteiger partial charge is 0.380 e. The smallest absolute Gasteiger partial charge is 0.181 e. The quantitative estimate of drug-likeness (QED) is 0.773. The normalized spacial score (nSPS) is 15.0. The number of fused-ring (bicyclic) bond motifs is 1. The molecule has 1 aromatic carbocycles. The zero-order valence-electron chi connectivity index (χ0n) is 13.7. The number of hydrogen-bond acceptors (Lipinski definition) is 5. The molecule has 1 fully saturated rings. The number of benzene rings is 1. The Morgan fingerprint density at radius 3 is 2.96 bits per heavy atom. The number of nitrogens with one attached hydrogen (secondary N) is 2. The van der Waals surface area contributed by atoms with Crippen LogP contribution < -0.4 is 10.2 Å². The molecule has 1 saturated heterocycles. The fourth-order valence-electron chi connectivity index (χ4n) is 3.09. The Morgan fingerprint density at radius 1 is 1.25 bits per heavy atom. The highest BCUT2D eigenvalue weighted by atomic mass is 16.5. The number of rotatable bonds is 4. The van der Waals surface area contributed by atoms with Crippen LogP contribution in [0.1, 0.15) is 11.3 Å². The maximum absolute atomic E-state index is 5.46. The van der Waals surface area contributed by atoms with Gasteiger partial charge in [-0.1, -0.05) is 18.2 Å². The molecule has 0 amide bonds. The first-order chi connectivity index (χ1) is 11.8. The predicted octanol–water partition coefficient (Wildman–Crippen LogP) is 2.72. The Morgan fingerprint density at radius 2 is 2.08 bits per heavy atom. The van der Waals surface area contributed by atoms with Gasteiger partial charge < -0.3 is 15.0 Å². The van der Waals surface area contributed by atoms with Crippen molar-refractivity contribution < 1.29 is 4.74 Å². The minimum absolute atomic E-state index is 0.756. The summed E-state index contributed by atoms with van der Waals surface area (Å²) in [4.78, 5) is 6.79. The number of pyridine rings is 1. The minimum Gasteiger partial charge on any atom is -0.380 e. The van der Waals surface area contributed by atoms with Gasteiger partial charge in [0.25, 0.3) is 0 Å². The third-order valence-electron chi connectivity index (χ3n) is 4.43. The molecule has 0 radical (unpaired) electrons. The van der Waals surface area contributed by atoms with E-state index < -0.39 is 0 Å². The van der Waals surface area contributed by atoms with Crippen LogP contribution in [0.15, 0.2) is 36.5 Å². The maximum atomic E-state index is 5.46. The van der Waals surface area contributed by atoms with Gasteiger partial charge in [0.2, 0.25) is 0 Å². The SMILES string of the molecule is Cc1[nH]nc2ncc(NCc3ccccc3N3CCOCC3)cc12. The van der Waals surface area contributed by atoms with Crippen molar-refractivity contribution in [1.82, 2.24) is 15.2 Å². The molecule has 6 heteroatoms. The van der Waals surface area contributed by atoms with E-state index in [4.69, 9.17) is 4.74 Å². The van der Waals surface area contributed by atoms with Crippen molar-refractivity contribution in [3.05, 3.63) is 47.8 Å². The highest BCUT2D eigenvalue weighted by Crippen LogP contribution is 2.23. The van der Waals surface area contributed by atoms with Gasteiger partial charge in [-0.3, -0.25) is 5.10 Å². The first-order valence-corrected chi connectivity index (χ1v) is 8.26. The lowest BCUT2D eigenvalue weighted by Gasteiger charge is -2.30. The van der Waals surface area contributed by atoms with Crippen molar-refractivity contribution in [2.45, 2.75) is 13.5 Å². The first kappa shape index (κ1) is 15.0. The van der Waals surface area contributed by atoms with Crippen molar-refractivity contribution in [2.24, 2.45) is 0 Å². The molecule has 4 rings (SSSR count). The Balaban J connectivity index is 1.53. The van der Waals surface area contributed by atoms with Gasteiger partial charge in [0.15, 0.2) is 5.65 Å². The number of aromatic amines is 1. The molecule has 3 heterocycles. The summed E-state index contributed by atoms with van der Waals surface area (Å²) in [5, 5.41) is 11.7. The van der Waals surface area contributed by atoms with Crippen LogP contribution in [0.5, 0.6) is 0 Å². The molecule has 2 aromatic heterocycles. The van der Waals surface area contributed by atoms with Crippen LogP contribution in [0.3, 0.4) is 0 Å². The summed E-state index contributed by atoms with van der Waals surface area (Å²) in [6.45, 7) is 6.24. The zero-order chi connectivity index (χ0) is 16.4. The van der Waals surface area contributed by atoms with E-state index in [0.29, 0.717) is 0 Å². The summed E-state index contributed by atoms with van der Waals surface area (Å²) in [7, 11) is 0. The fraction of sp³-hybridized carbons (Fsp3) is 0.333. The summed E-state index contributed by atoms with van der Waals surface area (Å²) in [5.74, 6) is 0. The molecule has 0 spiro atoms. The summed E-state index contributed by atoms with van der Waals surface area (Å²) < 4.78 is 5.46. The standard InChI is InChI=1S/C18H21N5O/c1-13-16-10-15(12-20-18(16)22-21-13)19-11-14-4-2-3-5-17(14)23-6-8-24-9-7-23/h2-5,10,12,19H,6-9,11H2,1H3,(H,20,21,22). The second-order valence-electron chi connectivity index (χ2n) is 6.03. The molecule has 124 valence electrons. The fourth-order valence-corrected chi connectivity index (χ4v) is 3.09. The summed E-state index contributed by atoms with van der Waals surface area (Å²) in [5.41, 5.74) is 5.36. The maximum Gasteiger partial charge on any atom is 0.181 e. The van der Waals surface area contributed by atoms with E-state index in [0.717, 1.165) is 55.3 Å². The monoisotopic (exact) mass is 323 g/mol. The predicted molar refractivity (Wildman–Crippen MR) is 95.4 cm³/mol. The number of aromatic nitrogens is 3. The first-order valence-electron chi connectivity index (χ1n) is 8.26. The molecule has 0 saturated carbocycles. The molecule has 0 aliphatic carbocycles. The topological polar surface area (TPSA) is 66.1 Å². The average molecular weight is 323 g/mol. The molecular formula is C18H21N5O. The number of anilines is 2. The van der Waals surface area contributed by atoms with Gasteiger partial charge in [-0.15, -0.1) is 0 Å². The number of nitrogens with zero attached hydrogens (tertiary/aromatic N) is 3. The zero-order valence-corrected chi connectivity index (χ0v) is 13.7. The number of aryl methyl sites for hydroxylation is 1. The van der Waals surface area contributed by atoms with E-state index in [1.165, 1.54) is 11.3 Å². The van der Waals surface area contributed by atoms with Gasteiger partial charge in [0.1, 0.15) is 0 Å². The van der Waals surface area contributed by atoms with Gasteiger partial charge >= 0.3 is 0 Å². The van der Waals surface area contributed by atoms with E-state index in [1.54, 1.807) is 0 Å². The van der Waals surface area contributed by atoms with Crippen molar-refractivity contribution in [2.75, 3.05) is 36.5 Å². The second-order valence-corrected chi connectivity index (χ2v) is 6.03. The summed E-state index contributed by atoms with van der Waals surface area (Å²) >= 11 is 0. The molecule has 24 heavy (non-hydrogen) atoms. The van der Waals surface area contributed by atoms with Crippen molar-refractivity contribution in [3.63, 3.8) is 0 Å². The minimum atomic E-state index is 0.756. The van der Waals surface area contributed by atoms with Crippen molar-refractivity contribution >= 4 is 22.4 Å². The number of H-pyrrole nitrogens is 1. The van der Waals surface area contributed by atoms with Crippen molar-refractivity contribution in [3.8, 4) is 0 Å². The van der Waals surface area contributed by atoms with E-state index in [-0.39, 0.29) is 0 Å². The summed E-state index contributed by atoms with van der Waals surface area (Å²) in [6.07, 6.45) is 1.83. The van der Waals surface area contributed by atoms with Crippen LogP contribution >= 0.6 is 0 Å². The van der Waals surface area contributed by atoms with Crippen LogP contribution in [-0.2, 0) is 11.3 Å². The average Bonchev–Trinajstić information content (AvgIpc) is 3.01. The van der Waals surface area contributed by atoms with Crippen molar-refractivity contribution in [1.29, 1.82) is 0 Å². The number of hydrogen-bond donors (Lipinski definition) is 2. The van der Waals surface area contributed by atoms with Gasteiger partial charge in [0, 0.05) is 36.4 Å². The van der Waals surface area contributed by atoms with Gasteiger partial charge in [0.05, 0.1) is 25.1 Å². The van der Waals surface area contributed by atoms with Crippen LogP contribution in [0.2, 0.25) is 0 Å². The Hall–Kier alpha value is -2.60. The van der Waals surface area contributed by atoms with Gasteiger partial charge in [-0.05, 0) is 24.6 Å². The molecule has 0 unspecified atom stereocenters. The Labute approximate surface area is 140 Å². The molecule has 0 bridgehead atoms. The van der Waals surface area contributed by atoms with Gasteiger partial charge in [-0.2, -0.15) is 5.10 Å². The van der Waals surface area contributed by atoms with E-state index in [2.05, 4.69) is 55.7 Å². The van der Waals surface area contributed by atoms with E-state index in [9.17, 15) is 0 Å². The molecule has 2 N–H and O–H groups in total. The highest BCUT2D eigenvalue weighted by Gasteiger charge is 2.14. The van der Waals surface area contributed by atoms with E-state index in [1.807, 2.05) is 13.1 Å². The van der Waals surface area contributed by atoms with Crippen LogP contribution in [0.4, 0.5) is 11.4 Å². The lowest BCUT2D eigenvalue weighted by atomic mass is 10.1. The lowest BCUT2D eigenvalue weighted by Crippen LogP contribution is -2.36. The molecule has 1 aliphatic rings. The Bertz CT molecular complexity index is 838. The molecule has 1 aliphatic heterocycles. The van der Waals surface area contributed by atoms with E-state index >= 15 is 0 Å². The van der Waals surface area contributed by atoms with Gasteiger partial charge in [-0.25, -0.2) is 4.98 Å².